The Morgan fingerprint density at radius 2 is 2.31 bits per heavy atom. The minimum absolute atomic E-state index is 0.0387. The highest BCUT2D eigenvalue weighted by atomic mass is 32.1. The molecule has 26 heavy (non-hydrogen) atoms. The van der Waals surface area contributed by atoms with Crippen molar-refractivity contribution in [1.82, 2.24) is 9.88 Å². The van der Waals surface area contributed by atoms with E-state index in [0.29, 0.717) is 31.4 Å². The number of anilines is 1. The summed E-state index contributed by atoms with van der Waals surface area (Å²) < 4.78 is 5.73. The van der Waals surface area contributed by atoms with E-state index in [4.69, 9.17) is 4.74 Å². The number of hydrogen-bond donors (Lipinski definition) is 1. The standard InChI is InChI=1S/C18H19N3O4S/c22-11-12-1-2-15-13(7-12)9-20(4-5-25-15)17(24)14-8-16(23)21(10-14)18-19-3-6-26-18/h1-3,6-7,14,22H,4-5,8-11H2. The molecule has 1 unspecified atom stereocenters. The van der Waals surface area contributed by atoms with Crippen molar-refractivity contribution in [3.05, 3.63) is 40.9 Å². The highest BCUT2D eigenvalue weighted by Crippen LogP contribution is 2.30. The van der Waals surface area contributed by atoms with Gasteiger partial charge in [-0.3, -0.25) is 14.5 Å². The third-order valence-corrected chi connectivity index (χ3v) is 5.52. The number of aliphatic hydroxyl groups is 1. The molecule has 1 N–H and O–H groups in total. The van der Waals surface area contributed by atoms with Crippen LogP contribution in [0.2, 0.25) is 0 Å². The van der Waals surface area contributed by atoms with Gasteiger partial charge in [0.15, 0.2) is 5.13 Å². The van der Waals surface area contributed by atoms with Gasteiger partial charge in [-0.05, 0) is 17.7 Å². The van der Waals surface area contributed by atoms with E-state index in [9.17, 15) is 14.7 Å². The maximum absolute atomic E-state index is 13.0. The molecule has 2 aromatic rings. The van der Waals surface area contributed by atoms with E-state index >= 15 is 0 Å². The average Bonchev–Trinajstić information content (AvgIpc) is 3.25. The summed E-state index contributed by atoms with van der Waals surface area (Å²) in [4.78, 5) is 32.8. The zero-order chi connectivity index (χ0) is 18.1. The number of fused-ring (bicyclic) bond motifs is 1. The van der Waals surface area contributed by atoms with E-state index in [-0.39, 0.29) is 30.8 Å². The summed E-state index contributed by atoms with van der Waals surface area (Å²) in [5, 5.41) is 11.8. The summed E-state index contributed by atoms with van der Waals surface area (Å²) in [6, 6.07) is 5.51. The Morgan fingerprint density at radius 1 is 1.42 bits per heavy atom. The quantitative estimate of drug-likeness (QED) is 0.880. The number of amides is 2. The van der Waals surface area contributed by atoms with E-state index in [1.54, 1.807) is 16.0 Å². The molecule has 1 fully saturated rings. The molecule has 1 aromatic heterocycles. The van der Waals surface area contributed by atoms with Crippen molar-refractivity contribution in [2.24, 2.45) is 5.92 Å². The van der Waals surface area contributed by atoms with Crippen LogP contribution in [0.5, 0.6) is 5.75 Å². The average molecular weight is 373 g/mol. The summed E-state index contributed by atoms with van der Waals surface area (Å²) in [7, 11) is 0. The summed E-state index contributed by atoms with van der Waals surface area (Å²) in [5.74, 6) is 0.272. The van der Waals surface area contributed by atoms with Crippen LogP contribution in [0, 0.1) is 5.92 Å². The zero-order valence-corrected chi connectivity index (χ0v) is 14.9. The van der Waals surface area contributed by atoms with Gasteiger partial charge >= 0.3 is 0 Å². The SMILES string of the molecule is O=C(C1CC(=O)N(c2nccs2)C1)N1CCOc2ccc(CO)cc2C1. The Labute approximate surface area is 154 Å². The maximum Gasteiger partial charge on any atom is 0.229 e. The van der Waals surface area contributed by atoms with Gasteiger partial charge in [0, 0.05) is 36.7 Å². The molecular formula is C18H19N3O4S. The Morgan fingerprint density at radius 3 is 3.08 bits per heavy atom. The number of benzene rings is 1. The summed E-state index contributed by atoms with van der Waals surface area (Å²) in [5.41, 5.74) is 1.66. The first-order valence-electron chi connectivity index (χ1n) is 8.50. The normalized spacial score (nSPS) is 19.9. The first-order chi connectivity index (χ1) is 12.7. The number of aliphatic hydroxyl groups excluding tert-OH is 1. The van der Waals surface area contributed by atoms with Gasteiger partial charge in [-0.15, -0.1) is 11.3 Å². The predicted octanol–water partition coefficient (Wildman–Crippen LogP) is 1.41. The lowest BCUT2D eigenvalue weighted by molar-refractivity contribution is -0.136. The van der Waals surface area contributed by atoms with Crippen molar-refractivity contribution in [2.45, 2.75) is 19.6 Å². The zero-order valence-electron chi connectivity index (χ0n) is 14.1. The molecule has 0 aliphatic carbocycles. The topological polar surface area (TPSA) is 83.0 Å². The summed E-state index contributed by atoms with van der Waals surface area (Å²) >= 11 is 1.40. The van der Waals surface area contributed by atoms with Crippen LogP contribution in [0.3, 0.4) is 0 Å². The number of carbonyl (C=O) groups excluding carboxylic acids is 2. The molecule has 7 nitrogen and oxygen atoms in total. The largest absolute Gasteiger partial charge is 0.491 e. The number of ether oxygens (including phenoxy) is 1. The fraction of sp³-hybridized carbons (Fsp3) is 0.389. The number of carbonyl (C=O) groups is 2. The number of hydrogen-bond acceptors (Lipinski definition) is 6. The third kappa shape index (κ3) is 3.17. The molecule has 0 radical (unpaired) electrons. The summed E-state index contributed by atoms with van der Waals surface area (Å²) in [6.45, 7) is 1.62. The van der Waals surface area contributed by atoms with Crippen LogP contribution in [-0.2, 0) is 22.7 Å². The van der Waals surface area contributed by atoms with Gasteiger partial charge in [0.2, 0.25) is 11.8 Å². The molecule has 2 aliphatic heterocycles. The molecule has 1 atom stereocenters. The Bertz CT molecular complexity index is 824. The van der Waals surface area contributed by atoms with Crippen molar-refractivity contribution in [2.75, 3.05) is 24.6 Å². The van der Waals surface area contributed by atoms with Gasteiger partial charge in [-0.2, -0.15) is 0 Å². The van der Waals surface area contributed by atoms with E-state index < -0.39 is 0 Å². The third-order valence-electron chi connectivity index (χ3n) is 4.72. The predicted molar refractivity (Wildman–Crippen MR) is 95.9 cm³/mol. The molecule has 4 rings (SSSR count). The highest BCUT2D eigenvalue weighted by Gasteiger charge is 2.38. The number of thiazole rings is 1. The van der Waals surface area contributed by atoms with Gasteiger partial charge < -0.3 is 14.7 Å². The van der Waals surface area contributed by atoms with Gasteiger partial charge in [-0.25, -0.2) is 4.98 Å². The second kappa shape index (κ2) is 7.05. The van der Waals surface area contributed by atoms with Crippen LogP contribution < -0.4 is 9.64 Å². The van der Waals surface area contributed by atoms with E-state index in [1.165, 1.54) is 11.3 Å². The fourth-order valence-corrected chi connectivity index (χ4v) is 4.07. The molecule has 0 saturated carbocycles. The van der Waals surface area contributed by atoms with Crippen molar-refractivity contribution in [3.63, 3.8) is 0 Å². The van der Waals surface area contributed by atoms with E-state index in [2.05, 4.69) is 4.98 Å². The number of nitrogens with zero attached hydrogens (tertiary/aromatic N) is 3. The minimum atomic E-state index is -0.367. The molecule has 0 bridgehead atoms. The lowest BCUT2D eigenvalue weighted by atomic mass is 10.1. The smallest absolute Gasteiger partial charge is 0.229 e. The summed E-state index contributed by atoms with van der Waals surface area (Å²) in [6.07, 6.45) is 1.86. The molecule has 0 spiro atoms. The molecule has 2 amide bonds. The van der Waals surface area contributed by atoms with Crippen molar-refractivity contribution < 1.29 is 19.4 Å². The molecule has 1 saturated heterocycles. The molecule has 1 aromatic carbocycles. The highest BCUT2D eigenvalue weighted by molar-refractivity contribution is 7.13. The first kappa shape index (κ1) is 17.0. The van der Waals surface area contributed by atoms with Gasteiger partial charge in [0.1, 0.15) is 12.4 Å². The van der Waals surface area contributed by atoms with Crippen LogP contribution in [0.25, 0.3) is 0 Å². The van der Waals surface area contributed by atoms with Crippen molar-refractivity contribution in [1.29, 1.82) is 0 Å². The molecule has 8 heteroatoms. The van der Waals surface area contributed by atoms with Crippen LogP contribution in [-0.4, -0.2) is 46.5 Å². The maximum atomic E-state index is 13.0. The minimum Gasteiger partial charge on any atom is -0.491 e. The van der Waals surface area contributed by atoms with Crippen LogP contribution in [0.1, 0.15) is 17.5 Å². The first-order valence-corrected chi connectivity index (χ1v) is 9.38. The number of rotatable bonds is 3. The molecule has 3 heterocycles. The van der Waals surface area contributed by atoms with E-state index in [0.717, 1.165) is 16.9 Å². The monoisotopic (exact) mass is 373 g/mol. The Kier molecular flexibility index (Phi) is 4.60. The molecule has 136 valence electrons. The van der Waals surface area contributed by atoms with Crippen molar-refractivity contribution in [3.8, 4) is 5.75 Å². The lowest BCUT2D eigenvalue weighted by Gasteiger charge is -2.23. The van der Waals surface area contributed by atoms with Gasteiger partial charge in [0.05, 0.1) is 19.1 Å². The lowest BCUT2D eigenvalue weighted by Crippen LogP contribution is -2.38. The fourth-order valence-electron chi connectivity index (χ4n) is 3.40. The van der Waals surface area contributed by atoms with Gasteiger partial charge in [0.25, 0.3) is 0 Å². The second-order valence-electron chi connectivity index (χ2n) is 6.43. The van der Waals surface area contributed by atoms with Crippen LogP contribution in [0.15, 0.2) is 29.8 Å². The molecule has 2 aliphatic rings. The second-order valence-corrected chi connectivity index (χ2v) is 7.30. The van der Waals surface area contributed by atoms with Gasteiger partial charge in [-0.1, -0.05) is 6.07 Å². The van der Waals surface area contributed by atoms with Crippen LogP contribution in [0.4, 0.5) is 5.13 Å². The van der Waals surface area contributed by atoms with Crippen molar-refractivity contribution >= 4 is 28.3 Å². The van der Waals surface area contributed by atoms with Crippen LogP contribution >= 0.6 is 11.3 Å². The Hall–Kier alpha value is -2.45. The van der Waals surface area contributed by atoms with E-state index in [1.807, 2.05) is 23.6 Å². The molecular weight excluding hydrogens is 354 g/mol. The Balaban J connectivity index is 1.50. The number of aromatic nitrogens is 1.